The lowest BCUT2D eigenvalue weighted by atomic mass is 9.70. The minimum absolute atomic E-state index is 0.0116. The topological polar surface area (TPSA) is 46.2 Å². The number of ketones is 1. The van der Waals surface area contributed by atoms with E-state index in [4.69, 9.17) is 0 Å². The van der Waals surface area contributed by atoms with Crippen molar-refractivity contribution in [3.05, 3.63) is 11.8 Å². The summed E-state index contributed by atoms with van der Waals surface area (Å²) in [7, 11) is 0. The lowest BCUT2D eigenvalue weighted by molar-refractivity contribution is -0.142. The first-order chi connectivity index (χ1) is 6.94. The Morgan fingerprint density at radius 1 is 1.40 bits per heavy atom. The number of allylic oxidation sites excluding steroid dienone is 1. The van der Waals surface area contributed by atoms with E-state index in [1.165, 1.54) is 6.20 Å². The Morgan fingerprint density at radius 2 is 2.00 bits per heavy atom. The molecular weight excluding hydrogens is 190 g/mol. The summed E-state index contributed by atoms with van der Waals surface area (Å²) in [5, 5.41) is 2.69. The average molecular weight is 209 g/mol. The van der Waals surface area contributed by atoms with Crippen LogP contribution in [-0.2, 0) is 9.59 Å². The first-order valence-electron chi connectivity index (χ1n) is 5.46. The Balaban J connectivity index is 3.10. The molecule has 0 aromatic rings. The van der Waals surface area contributed by atoms with Crippen LogP contribution >= 0.6 is 0 Å². The average Bonchev–Trinajstić information content (AvgIpc) is 2.18. The third-order valence-corrected chi connectivity index (χ3v) is 3.01. The van der Waals surface area contributed by atoms with Gasteiger partial charge in [0, 0.05) is 11.8 Å². The van der Waals surface area contributed by atoms with Gasteiger partial charge in [0.2, 0.25) is 5.91 Å². The van der Waals surface area contributed by atoms with Crippen molar-refractivity contribution >= 4 is 11.7 Å². The Morgan fingerprint density at radius 3 is 2.47 bits per heavy atom. The van der Waals surface area contributed by atoms with Crippen molar-refractivity contribution in [3.8, 4) is 0 Å². The molecule has 1 unspecified atom stereocenters. The van der Waals surface area contributed by atoms with Gasteiger partial charge >= 0.3 is 0 Å². The molecule has 0 aromatic carbocycles. The molecule has 0 fully saturated rings. The van der Waals surface area contributed by atoms with Gasteiger partial charge in [-0.3, -0.25) is 9.59 Å². The van der Waals surface area contributed by atoms with Crippen LogP contribution in [-0.4, -0.2) is 11.7 Å². The Kier molecular flexibility index (Phi) is 3.32. The highest BCUT2D eigenvalue weighted by atomic mass is 16.2. The third-order valence-electron chi connectivity index (χ3n) is 3.01. The molecule has 0 saturated carbocycles. The molecule has 1 aliphatic rings. The van der Waals surface area contributed by atoms with Gasteiger partial charge in [-0.25, -0.2) is 0 Å². The predicted octanol–water partition coefficient (Wildman–Crippen LogP) is 2.03. The summed E-state index contributed by atoms with van der Waals surface area (Å²) in [6, 6.07) is 0. The highest BCUT2D eigenvalue weighted by Crippen LogP contribution is 2.36. The number of nitrogens with one attached hydrogen (secondary N) is 1. The van der Waals surface area contributed by atoms with Crippen LogP contribution in [0.1, 0.15) is 40.5 Å². The van der Waals surface area contributed by atoms with Crippen molar-refractivity contribution in [1.29, 1.82) is 0 Å². The Hall–Kier alpha value is -1.12. The SMILES string of the molecule is CCC1(CC(C)C)C(=O)NC=C(C)C1=O. The molecule has 0 bridgehead atoms. The van der Waals surface area contributed by atoms with Gasteiger partial charge in [-0.15, -0.1) is 0 Å². The van der Waals surface area contributed by atoms with E-state index in [-0.39, 0.29) is 11.7 Å². The Labute approximate surface area is 90.9 Å². The first-order valence-corrected chi connectivity index (χ1v) is 5.46. The second-order valence-electron chi connectivity index (χ2n) is 4.66. The van der Waals surface area contributed by atoms with E-state index in [0.29, 0.717) is 24.3 Å². The Bertz CT molecular complexity index is 318. The molecule has 0 radical (unpaired) electrons. The molecule has 15 heavy (non-hydrogen) atoms. The zero-order valence-electron chi connectivity index (χ0n) is 9.89. The number of amides is 1. The number of carbonyl (C=O) groups excluding carboxylic acids is 2. The molecule has 1 N–H and O–H groups in total. The molecule has 1 atom stereocenters. The standard InChI is InChI=1S/C12H19NO2/c1-5-12(6-8(2)3)10(14)9(4)7-13-11(12)15/h7-8H,5-6H2,1-4H3,(H,13,15). The highest BCUT2D eigenvalue weighted by Gasteiger charge is 2.46. The number of hydrogen-bond donors (Lipinski definition) is 1. The minimum atomic E-state index is -0.826. The van der Waals surface area contributed by atoms with Gasteiger partial charge in [0.15, 0.2) is 5.78 Å². The molecule has 84 valence electrons. The molecule has 1 rings (SSSR count). The molecule has 3 heteroatoms. The fraction of sp³-hybridized carbons (Fsp3) is 0.667. The van der Waals surface area contributed by atoms with Crippen LogP contribution in [0.15, 0.2) is 11.8 Å². The fourth-order valence-electron chi connectivity index (χ4n) is 2.21. The van der Waals surface area contributed by atoms with E-state index < -0.39 is 5.41 Å². The van der Waals surface area contributed by atoms with Gasteiger partial charge < -0.3 is 5.32 Å². The van der Waals surface area contributed by atoms with E-state index in [0.717, 1.165) is 0 Å². The second kappa shape index (κ2) is 4.17. The van der Waals surface area contributed by atoms with Crippen molar-refractivity contribution in [1.82, 2.24) is 5.32 Å². The smallest absolute Gasteiger partial charge is 0.237 e. The molecular formula is C12H19NO2. The monoisotopic (exact) mass is 209 g/mol. The van der Waals surface area contributed by atoms with Crippen LogP contribution in [0.4, 0.5) is 0 Å². The fourth-order valence-corrected chi connectivity index (χ4v) is 2.21. The van der Waals surface area contributed by atoms with Crippen molar-refractivity contribution in [2.75, 3.05) is 0 Å². The highest BCUT2D eigenvalue weighted by molar-refractivity contribution is 6.15. The number of Topliss-reactive ketones (excluding diaryl/α,β-unsaturated/α-hetero) is 1. The first kappa shape index (κ1) is 12.0. The molecule has 0 spiro atoms. The van der Waals surface area contributed by atoms with Crippen molar-refractivity contribution in [2.24, 2.45) is 11.3 Å². The van der Waals surface area contributed by atoms with E-state index in [1.807, 2.05) is 20.8 Å². The predicted molar refractivity (Wildman–Crippen MR) is 59.1 cm³/mol. The van der Waals surface area contributed by atoms with Crippen LogP contribution in [0.25, 0.3) is 0 Å². The largest absolute Gasteiger partial charge is 0.331 e. The van der Waals surface area contributed by atoms with Crippen LogP contribution in [0, 0.1) is 11.3 Å². The summed E-state index contributed by atoms with van der Waals surface area (Å²) in [6.45, 7) is 7.72. The van der Waals surface area contributed by atoms with Gasteiger partial charge in [-0.2, -0.15) is 0 Å². The summed E-state index contributed by atoms with van der Waals surface area (Å²) >= 11 is 0. The van der Waals surface area contributed by atoms with Crippen molar-refractivity contribution in [3.63, 3.8) is 0 Å². The number of carbonyl (C=O) groups is 2. The minimum Gasteiger partial charge on any atom is -0.331 e. The lowest BCUT2D eigenvalue weighted by Crippen LogP contribution is -2.49. The number of rotatable bonds is 3. The van der Waals surface area contributed by atoms with Crippen LogP contribution in [0.2, 0.25) is 0 Å². The zero-order chi connectivity index (χ0) is 11.6. The molecule has 1 amide bonds. The molecule has 0 aliphatic carbocycles. The number of hydrogen-bond acceptors (Lipinski definition) is 2. The summed E-state index contributed by atoms with van der Waals surface area (Å²) < 4.78 is 0. The normalized spacial score (nSPS) is 26.6. The van der Waals surface area contributed by atoms with E-state index in [2.05, 4.69) is 5.32 Å². The van der Waals surface area contributed by atoms with Gasteiger partial charge in [-0.05, 0) is 25.7 Å². The maximum Gasteiger partial charge on any atom is 0.237 e. The zero-order valence-corrected chi connectivity index (χ0v) is 9.89. The molecule has 3 nitrogen and oxygen atoms in total. The van der Waals surface area contributed by atoms with Crippen molar-refractivity contribution in [2.45, 2.75) is 40.5 Å². The van der Waals surface area contributed by atoms with Crippen LogP contribution in [0.5, 0.6) is 0 Å². The lowest BCUT2D eigenvalue weighted by Gasteiger charge is -2.34. The van der Waals surface area contributed by atoms with Gasteiger partial charge in [0.05, 0.1) is 0 Å². The maximum atomic E-state index is 12.1. The maximum absolute atomic E-state index is 12.1. The van der Waals surface area contributed by atoms with E-state index in [9.17, 15) is 9.59 Å². The quantitative estimate of drug-likeness (QED) is 0.723. The van der Waals surface area contributed by atoms with Crippen LogP contribution in [0.3, 0.4) is 0 Å². The van der Waals surface area contributed by atoms with Crippen molar-refractivity contribution < 1.29 is 9.59 Å². The summed E-state index contributed by atoms with van der Waals surface area (Å²) in [5.41, 5.74) is -0.176. The van der Waals surface area contributed by atoms with Gasteiger partial charge in [0.1, 0.15) is 5.41 Å². The summed E-state index contributed by atoms with van der Waals surface area (Å²) in [4.78, 5) is 24.0. The third kappa shape index (κ3) is 1.96. The van der Waals surface area contributed by atoms with E-state index in [1.54, 1.807) is 6.92 Å². The molecule has 0 saturated heterocycles. The van der Waals surface area contributed by atoms with Gasteiger partial charge in [0.25, 0.3) is 0 Å². The molecule has 1 aliphatic heterocycles. The molecule has 0 aromatic heterocycles. The van der Waals surface area contributed by atoms with Gasteiger partial charge in [-0.1, -0.05) is 20.8 Å². The summed E-state index contributed by atoms with van der Waals surface area (Å²) in [5.74, 6) is 0.183. The van der Waals surface area contributed by atoms with E-state index >= 15 is 0 Å². The van der Waals surface area contributed by atoms with Crippen LogP contribution < -0.4 is 5.32 Å². The summed E-state index contributed by atoms with van der Waals surface area (Å²) in [6.07, 6.45) is 2.71. The molecule has 1 heterocycles. The second-order valence-corrected chi connectivity index (χ2v) is 4.66.